The van der Waals surface area contributed by atoms with Gasteiger partial charge in [-0.05, 0) is 6.07 Å². The van der Waals surface area contributed by atoms with Gasteiger partial charge in [0.15, 0.2) is 0 Å². The second kappa shape index (κ2) is 5.11. The molecular formula is C11H12N4O2. The number of anilines is 1. The van der Waals surface area contributed by atoms with Crippen molar-refractivity contribution in [1.82, 2.24) is 14.8 Å². The van der Waals surface area contributed by atoms with E-state index in [9.17, 15) is 9.59 Å². The Balaban J connectivity index is 1.89. The third-order valence-electron chi connectivity index (χ3n) is 2.25. The Morgan fingerprint density at radius 1 is 1.41 bits per heavy atom. The van der Waals surface area contributed by atoms with Gasteiger partial charge in [0, 0.05) is 31.3 Å². The molecule has 0 aliphatic carbocycles. The van der Waals surface area contributed by atoms with Crippen molar-refractivity contribution in [1.29, 1.82) is 0 Å². The third kappa shape index (κ3) is 3.04. The minimum Gasteiger partial charge on any atom is -0.315 e. The van der Waals surface area contributed by atoms with Crippen LogP contribution in [0.2, 0.25) is 0 Å². The van der Waals surface area contributed by atoms with E-state index in [4.69, 9.17) is 0 Å². The average molecular weight is 232 g/mol. The summed E-state index contributed by atoms with van der Waals surface area (Å²) in [6.07, 6.45) is 3.45. The summed E-state index contributed by atoms with van der Waals surface area (Å²) < 4.78 is 1.49. The summed E-state index contributed by atoms with van der Waals surface area (Å²) in [5, 5.41) is 8.98. The van der Waals surface area contributed by atoms with Crippen molar-refractivity contribution in [3.8, 4) is 0 Å². The first-order valence-corrected chi connectivity index (χ1v) is 5.20. The molecule has 88 valence electrons. The zero-order valence-electron chi connectivity index (χ0n) is 9.09. The molecule has 17 heavy (non-hydrogen) atoms. The van der Waals surface area contributed by atoms with E-state index in [2.05, 4.69) is 15.5 Å². The molecule has 0 spiro atoms. The summed E-state index contributed by atoms with van der Waals surface area (Å²) in [5.41, 5.74) is -0.109. The number of aryl methyl sites for hydroxylation is 1. The fourth-order valence-corrected chi connectivity index (χ4v) is 1.41. The van der Waals surface area contributed by atoms with Crippen LogP contribution in [0.3, 0.4) is 0 Å². The molecule has 1 amide bonds. The normalized spacial score (nSPS) is 10.1. The molecule has 0 aliphatic rings. The number of amides is 1. The predicted molar refractivity (Wildman–Crippen MR) is 62.5 cm³/mol. The van der Waals surface area contributed by atoms with Crippen LogP contribution in [-0.4, -0.2) is 20.7 Å². The molecule has 0 saturated heterocycles. The van der Waals surface area contributed by atoms with Gasteiger partial charge in [0.1, 0.15) is 5.82 Å². The Labute approximate surface area is 97.3 Å². The van der Waals surface area contributed by atoms with Gasteiger partial charge in [-0.3, -0.25) is 14.7 Å². The maximum atomic E-state index is 11.5. The lowest BCUT2D eigenvalue weighted by Gasteiger charge is -2.04. The first-order chi connectivity index (χ1) is 8.25. The highest BCUT2D eigenvalue weighted by Gasteiger charge is 2.03. The Morgan fingerprint density at radius 2 is 2.29 bits per heavy atom. The Kier molecular flexibility index (Phi) is 3.34. The van der Waals surface area contributed by atoms with Crippen molar-refractivity contribution in [2.75, 3.05) is 5.32 Å². The molecule has 0 unspecified atom stereocenters. The number of hydrogen-bond acceptors (Lipinski definition) is 3. The van der Waals surface area contributed by atoms with Gasteiger partial charge in [0.05, 0.1) is 6.20 Å². The molecule has 2 rings (SSSR count). The van der Waals surface area contributed by atoms with Crippen molar-refractivity contribution < 1.29 is 4.79 Å². The van der Waals surface area contributed by atoms with Gasteiger partial charge in [-0.1, -0.05) is 6.07 Å². The van der Waals surface area contributed by atoms with E-state index in [1.165, 1.54) is 10.6 Å². The number of nitrogens with one attached hydrogen (secondary N) is 2. The Morgan fingerprint density at radius 3 is 3.00 bits per heavy atom. The van der Waals surface area contributed by atoms with Crippen LogP contribution in [0.5, 0.6) is 0 Å². The largest absolute Gasteiger partial charge is 0.315 e. The number of aromatic amines is 1. The zero-order chi connectivity index (χ0) is 12.1. The fraction of sp³-hybridized carbons (Fsp3) is 0.182. The van der Waals surface area contributed by atoms with Gasteiger partial charge >= 0.3 is 0 Å². The van der Waals surface area contributed by atoms with E-state index in [-0.39, 0.29) is 17.9 Å². The molecule has 0 radical (unpaired) electrons. The number of carbonyl (C=O) groups excluding carboxylic acids is 1. The number of hydrogen-bond donors (Lipinski definition) is 2. The van der Waals surface area contributed by atoms with Crippen LogP contribution in [-0.2, 0) is 11.3 Å². The van der Waals surface area contributed by atoms with Gasteiger partial charge in [0.2, 0.25) is 5.91 Å². The second-order valence-electron chi connectivity index (χ2n) is 3.50. The van der Waals surface area contributed by atoms with Gasteiger partial charge in [-0.15, -0.1) is 0 Å². The maximum absolute atomic E-state index is 11.5. The monoisotopic (exact) mass is 232 g/mol. The highest BCUT2D eigenvalue weighted by Crippen LogP contribution is 1.99. The van der Waals surface area contributed by atoms with E-state index < -0.39 is 0 Å². The molecule has 0 fully saturated rings. The zero-order valence-corrected chi connectivity index (χ0v) is 9.09. The molecule has 2 aromatic heterocycles. The van der Waals surface area contributed by atoms with Crippen LogP contribution in [0.1, 0.15) is 6.42 Å². The van der Waals surface area contributed by atoms with Crippen LogP contribution < -0.4 is 10.9 Å². The summed E-state index contributed by atoms with van der Waals surface area (Å²) >= 11 is 0. The molecule has 0 aliphatic heterocycles. The molecule has 2 aromatic rings. The molecule has 6 heteroatoms. The van der Waals surface area contributed by atoms with Crippen LogP contribution in [0, 0.1) is 0 Å². The lowest BCUT2D eigenvalue weighted by Crippen LogP contribution is -2.21. The van der Waals surface area contributed by atoms with E-state index in [0.29, 0.717) is 12.4 Å². The summed E-state index contributed by atoms with van der Waals surface area (Å²) in [6.45, 7) is 0.361. The van der Waals surface area contributed by atoms with E-state index in [1.807, 2.05) is 0 Å². The Hall–Kier alpha value is -2.37. The van der Waals surface area contributed by atoms with Crippen molar-refractivity contribution in [3.05, 3.63) is 47.0 Å². The second-order valence-corrected chi connectivity index (χ2v) is 3.50. The number of nitrogens with zero attached hydrogens (tertiary/aromatic N) is 2. The van der Waals surface area contributed by atoms with E-state index in [1.54, 1.807) is 30.6 Å². The quantitative estimate of drug-likeness (QED) is 0.810. The topological polar surface area (TPSA) is 79.8 Å². The number of aromatic nitrogens is 3. The van der Waals surface area contributed by atoms with Crippen molar-refractivity contribution in [2.24, 2.45) is 0 Å². The molecule has 0 aromatic carbocycles. The third-order valence-corrected chi connectivity index (χ3v) is 2.25. The number of pyridine rings is 1. The van der Waals surface area contributed by atoms with E-state index in [0.717, 1.165) is 0 Å². The fourth-order valence-electron chi connectivity index (χ4n) is 1.41. The molecule has 2 heterocycles. The van der Waals surface area contributed by atoms with E-state index >= 15 is 0 Å². The molecule has 0 saturated carbocycles. The molecule has 0 atom stereocenters. The van der Waals surface area contributed by atoms with Gasteiger partial charge < -0.3 is 9.88 Å². The smallest absolute Gasteiger partial charge is 0.250 e. The van der Waals surface area contributed by atoms with Crippen molar-refractivity contribution in [2.45, 2.75) is 13.0 Å². The first-order valence-electron chi connectivity index (χ1n) is 5.20. The molecule has 0 bridgehead atoms. The minimum atomic E-state index is -0.162. The molecular weight excluding hydrogens is 220 g/mol. The standard InChI is InChI=1S/C11H12N4O2/c16-10(13-9-4-6-12-14-9)5-8-15-7-2-1-3-11(15)17/h1-4,6-7H,5,8H2,(H2,12,13,14,16). The van der Waals surface area contributed by atoms with Crippen LogP contribution in [0.15, 0.2) is 41.5 Å². The SMILES string of the molecule is O=C(CCn1ccccc1=O)Nc1ccn[nH]1. The van der Waals surface area contributed by atoms with Crippen LogP contribution in [0.4, 0.5) is 5.82 Å². The summed E-state index contributed by atoms with van der Waals surface area (Å²) in [5.74, 6) is 0.389. The van der Waals surface area contributed by atoms with Crippen LogP contribution in [0.25, 0.3) is 0 Å². The van der Waals surface area contributed by atoms with Crippen molar-refractivity contribution in [3.63, 3.8) is 0 Å². The first kappa shape index (κ1) is 11.1. The summed E-state index contributed by atoms with van der Waals surface area (Å²) in [7, 11) is 0. The number of carbonyl (C=O) groups is 1. The van der Waals surface area contributed by atoms with Crippen LogP contribution >= 0.6 is 0 Å². The maximum Gasteiger partial charge on any atom is 0.250 e. The lowest BCUT2D eigenvalue weighted by molar-refractivity contribution is -0.116. The molecule has 6 nitrogen and oxygen atoms in total. The average Bonchev–Trinajstić information content (AvgIpc) is 2.81. The summed E-state index contributed by atoms with van der Waals surface area (Å²) in [4.78, 5) is 22.9. The highest BCUT2D eigenvalue weighted by molar-refractivity contribution is 5.89. The summed E-state index contributed by atoms with van der Waals surface area (Å²) in [6, 6.07) is 6.55. The molecule has 2 N–H and O–H groups in total. The highest BCUT2D eigenvalue weighted by atomic mass is 16.2. The number of rotatable bonds is 4. The van der Waals surface area contributed by atoms with Gasteiger partial charge in [-0.25, -0.2) is 0 Å². The number of H-pyrrole nitrogens is 1. The Bertz CT molecular complexity index is 545. The predicted octanol–water partition coefficient (Wildman–Crippen LogP) is 0.600. The van der Waals surface area contributed by atoms with Crippen molar-refractivity contribution >= 4 is 11.7 Å². The van der Waals surface area contributed by atoms with Gasteiger partial charge in [-0.2, -0.15) is 5.10 Å². The van der Waals surface area contributed by atoms with Gasteiger partial charge in [0.25, 0.3) is 5.56 Å². The lowest BCUT2D eigenvalue weighted by atomic mass is 10.3. The minimum absolute atomic E-state index is 0.109.